The fourth-order valence-electron chi connectivity index (χ4n) is 3.31. The Labute approximate surface area is 209 Å². The van der Waals surface area contributed by atoms with E-state index in [1.54, 1.807) is 70.2 Å². The number of benzene rings is 1. The van der Waals surface area contributed by atoms with Crippen LogP contribution in [0.2, 0.25) is 0 Å². The van der Waals surface area contributed by atoms with Crippen molar-refractivity contribution in [1.82, 2.24) is 14.6 Å². The summed E-state index contributed by atoms with van der Waals surface area (Å²) in [6, 6.07) is 8.39. The van der Waals surface area contributed by atoms with E-state index in [2.05, 4.69) is 10.1 Å². The van der Waals surface area contributed by atoms with Crippen LogP contribution in [0.3, 0.4) is 0 Å². The van der Waals surface area contributed by atoms with E-state index in [4.69, 9.17) is 18.5 Å². The van der Waals surface area contributed by atoms with Crippen LogP contribution in [0.15, 0.2) is 58.3 Å². The Kier molecular flexibility index (Phi) is 8.10. The molecule has 196 valence electrons. The number of nitrogens with one attached hydrogen (secondary N) is 2. The summed E-state index contributed by atoms with van der Waals surface area (Å²) in [5.41, 5.74) is -3.28. The number of ether oxygens (including phenoxy) is 2. The van der Waals surface area contributed by atoms with Crippen molar-refractivity contribution < 1.29 is 27.9 Å². The third-order valence-corrected chi connectivity index (χ3v) is 6.94. The van der Waals surface area contributed by atoms with Crippen LogP contribution in [0.4, 0.5) is 0 Å². The van der Waals surface area contributed by atoms with Crippen LogP contribution in [0, 0.1) is 6.92 Å². The van der Waals surface area contributed by atoms with Crippen LogP contribution in [0.25, 0.3) is 0 Å². The van der Waals surface area contributed by atoms with Crippen LogP contribution in [0.5, 0.6) is 5.75 Å². The van der Waals surface area contributed by atoms with E-state index in [-0.39, 0.29) is 18.5 Å². The molecule has 1 aliphatic rings. The fraction of sp³-hybridized carbons (Fsp3) is 0.458. The summed E-state index contributed by atoms with van der Waals surface area (Å²) in [5, 5.41) is 2.69. The Balaban J connectivity index is 1.79. The minimum atomic E-state index is -4.15. The van der Waals surface area contributed by atoms with Gasteiger partial charge in [-0.2, -0.15) is 5.09 Å². The first kappa shape index (κ1) is 27.6. The summed E-state index contributed by atoms with van der Waals surface area (Å²) >= 11 is 0. The lowest BCUT2D eigenvalue weighted by Gasteiger charge is -2.32. The molecular formula is C24H32N3O8P. The van der Waals surface area contributed by atoms with Gasteiger partial charge in [-0.15, -0.1) is 0 Å². The van der Waals surface area contributed by atoms with Crippen molar-refractivity contribution in [3.8, 4) is 5.75 Å². The number of carbonyl (C=O) groups is 1. The molecule has 0 aliphatic carbocycles. The molecule has 1 aliphatic heterocycles. The third-order valence-electron chi connectivity index (χ3n) is 5.18. The van der Waals surface area contributed by atoms with E-state index < -0.39 is 42.3 Å². The van der Waals surface area contributed by atoms with Gasteiger partial charge in [0.1, 0.15) is 16.9 Å². The van der Waals surface area contributed by atoms with Crippen molar-refractivity contribution in [2.45, 2.75) is 65.0 Å². The van der Waals surface area contributed by atoms with Gasteiger partial charge in [-0.1, -0.05) is 24.3 Å². The monoisotopic (exact) mass is 521 g/mol. The van der Waals surface area contributed by atoms with Crippen LogP contribution in [0.1, 0.15) is 46.4 Å². The number of carbonyl (C=O) groups excluding carboxylic acids is 1. The molecule has 0 saturated heterocycles. The molecule has 0 radical (unpaired) electrons. The Bertz CT molecular complexity index is 1280. The maximum absolute atomic E-state index is 13.8. The second-order valence-electron chi connectivity index (χ2n) is 9.52. The molecule has 0 bridgehead atoms. The van der Waals surface area contributed by atoms with Gasteiger partial charge >= 0.3 is 19.4 Å². The fourth-order valence-corrected chi connectivity index (χ4v) is 5.08. The molecule has 2 aromatic rings. The van der Waals surface area contributed by atoms with Gasteiger partial charge in [0, 0.05) is 11.8 Å². The standard InChI is InChI=1S/C24H32N3O8P/c1-16(2)33-21(29)23(4,5)26-36(31,35-18-10-8-7-9-11-18)32-15-24(6)13-12-19(34-24)27-14-17(3)20(28)25-22(27)30/h7-14,16,19H,15H2,1-6H3,(H,26,31)(H,25,28,30)/t19-,24+,36?/m1/s1. The predicted molar refractivity (Wildman–Crippen MR) is 133 cm³/mol. The molecule has 2 heterocycles. The number of aromatic nitrogens is 2. The second-order valence-corrected chi connectivity index (χ2v) is 11.2. The highest BCUT2D eigenvalue weighted by Crippen LogP contribution is 2.48. The van der Waals surface area contributed by atoms with Crippen LogP contribution < -0.4 is 20.9 Å². The zero-order chi connectivity index (χ0) is 26.7. The first-order valence-corrected chi connectivity index (χ1v) is 13.0. The van der Waals surface area contributed by atoms with Gasteiger partial charge in [0.05, 0.1) is 12.7 Å². The largest absolute Gasteiger partial charge is 0.462 e. The van der Waals surface area contributed by atoms with E-state index in [0.717, 1.165) is 0 Å². The molecule has 36 heavy (non-hydrogen) atoms. The first-order chi connectivity index (χ1) is 16.7. The van der Waals surface area contributed by atoms with Crippen LogP contribution in [-0.2, 0) is 23.4 Å². The van der Waals surface area contributed by atoms with Gasteiger partial charge in [0.2, 0.25) is 0 Å². The number of hydrogen-bond donors (Lipinski definition) is 2. The molecule has 1 aromatic heterocycles. The van der Waals surface area contributed by atoms with Crippen LogP contribution in [-0.4, -0.2) is 39.4 Å². The normalized spacial score (nSPS) is 21.4. The number of rotatable bonds is 10. The summed E-state index contributed by atoms with van der Waals surface area (Å²) in [6.45, 7) is 9.45. The summed E-state index contributed by atoms with van der Waals surface area (Å²) in [5.74, 6) is -0.364. The molecule has 12 heteroatoms. The second kappa shape index (κ2) is 10.6. The zero-order valence-electron chi connectivity index (χ0n) is 21.1. The number of para-hydroxylation sites is 1. The number of H-pyrrole nitrogens is 1. The molecule has 3 rings (SSSR count). The van der Waals surface area contributed by atoms with E-state index in [9.17, 15) is 18.9 Å². The summed E-state index contributed by atoms with van der Waals surface area (Å²) in [7, 11) is -4.15. The highest BCUT2D eigenvalue weighted by molar-refractivity contribution is 7.52. The van der Waals surface area contributed by atoms with Gasteiger partial charge in [0.25, 0.3) is 5.56 Å². The van der Waals surface area contributed by atoms with Crippen molar-refractivity contribution in [3.63, 3.8) is 0 Å². The number of aryl methyl sites for hydroxylation is 1. The molecule has 0 saturated carbocycles. The predicted octanol–water partition coefficient (Wildman–Crippen LogP) is 3.21. The number of nitrogens with zero attached hydrogens (tertiary/aromatic N) is 1. The quantitative estimate of drug-likeness (QED) is 0.274. The SMILES string of the molecule is Cc1cn([C@H]2C=C[C@@](C)(COP(=O)(NC(C)(C)C(=O)OC(C)C)Oc3ccccc3)O2)c(=O)[nH]c1=O. The molecule has 1 aromatic carbocycles. The van der Waals surface area contributed by atoms with Gasteiger partial charge in [-0.25, -0.2) is 9.36 Å². The highest BCUT2D eigenvalue weighted by atomic mass is 31.2. The number of esters is 1. The smallest absolute Gasteiger partial charge is 0.459 e. The summed E-state index contributed by atoms with van der Waals surface area (Å²) in [6.07, 6.45) is 3.50. The topological polar surface area (TPSA) is 138 Å². The molecule has 11 nitrogen and oxygen atoms in total. The van der Waals surface area contributed by atoms with Crippen LogP contribution >= 0.6 is 7.75 Å². The molecule has 0 fully saturated rings. The van der Waals surface area contributed by atoms with Gasteiger partial charge in [-0.05, 0) is 59.8 Å². The van der Waals surface area contributed by atoms with Gasteiger partial charge in [0.15, 0.2) is 6.23 Å². The zero-order valence-corrected chi connectivity index (χ0v) is 22.0. The molecule has 3 atom stereocenters. The minimum absolute atomic E-state index is 0.247. The van der Waals surface area contributed by atoms with Gasteiger partial charge in [-0.3, -0.25) is 23.7 Å². The lowest BCUT2D eigenvalue weighted by Crippen LogP contribution is -2.48. The van der Waals surface area contributed by atoms with Crippen molar-refractivity contribution in [2.75, 3.05) is 6.61 Å². The van der Waals surface area contributed by atoms with Crippen molar-refractivity contribution in [2.24, 2.45) is 0 Å². The van der Waals surface area contributed by atoms with E-state index >= 15 is 0 Å². The molecule has 0 amide bonds. The number of hydrogen-bond acceptors (Lipinski definition) is 8. The number of aromatic amines is 1. The highest BCUT2D eigenvalue weighted by Gasteiger charge is 2.43. The summed E-state index contributed by atoms with van der Waals surface area (Å²) in [4.78, 5) is 38.8. The lowest BCUT2D eigenvalue weighted by molar-refractivity contribution is -0.153. The Hall–Kier alpha value is -2.98. The molecule has 0 spiro atoms. The summed E-state index contributed by atoms with van der Waals surface area (Å²) < 4.78 is 37.8. The van der Waals surface area contributed by atoms with E-state index in [1.807, 2.05) is 0 Å². The van der Waals surface area contributed by atoms with Crippen molar-refractivity contribution >= 4 is 13.7 Å². The molecule has 1 unspecified atom stereocenters. The van der Waals surface area contributed by atoms with Crippen molar-refractivity contribution in [3.05, 3.63) is 75.1 Å². The van der Waals surface area contributed by atoms with Crippen molar-refractivity contribution in [1.29, 1.82) is 0 Å². The molecular weight excluding hydrogens is 489 g/mol. The third kappa shape index (κ3) is 6.82. The van der Waals surface area contributed by atoms with Gasteiger partial charge < -0.3 is 14.0 Å². The lowest BCUT2D eigenvalue weighted by atomic mass is 10.1. The minimum Gasteiger partial charge on any atom is -0.462 e. The average molecular weight is 522 g/mol. The first-order valence-electron chi connectivity index (χ1n) is 11.4. The maximum Gasteiger partial charge on any atom is 0.459 e. The molecule has 2 N–H and O–H groups in total. The Morgan fingerprint density at radius 1 is 1.28 bits per heavy atom. The Morgan fingerprint density at radius 2 is 1.94 bits per heavy atom. The maximum atomic E-state index is 13.8. The van der Waals surface area contributed by atoms with E-state index in [1.165, 1.54) is 24.6 Å². The Morgan fingerprint density at radius 3 is 2.58 bits per heavy atom. The van der Waals surface area contributed by atoms with E-state index in [0.29, 0.717) is 5.56 Å². The average Bonchev–Trinajstić information content (AvgIpc) is 3.17.